The van der Waals surface area contributed by atoms with Crippen molar-refractivity contribution in [2.75, 3.05) is 14.2 Å². The lowest BCUT2D eigenvalue weighted by molar-refractivity contribution is 0.407. The Balaban J connectivity index is 1.51. The molecule has 0 bridgehead atoms. The third-order valence-corrected chi connectivity index (χ3v) is 3.96. The molecule has 146 valence electrons. The van der Waals surface area contributed by atoms with Gasteiger partial charge < -0.3 is 20.1 Å². The molecule has 9 heteroatoms. The maximum Gasteiger partial charge on any atom is 0.219 e. The second-order valence-electron chi connectivity index (χ2n) is 5.86. The van der Waals surface area contributed by atoms with Crippen LogP contribution in [0, 0.1) is 0 Å². The molecule has 0 amide bonds. The quantitative estimate of drug-likeness (QED) is 0.476. The highest BCUT2D eigenvalue weighted by Gasteiger charge is 2.04. The normalized spacial score (nSPS) is 11.2. The Morgan fingerprint density at radius 2 is 1.93 bits per heavy atom. The van der Waals surface area contributed by atoms with Gasteiger partial charge in [-0.2, -0.15) is 5.10 Å². The van der Waals surface area contributed by atoms with E-state index in [2.05, 4.69) is 30.7 Å². The molecule has 0 spiro atoms. The molecule has 9 nitrogen and oxygen atoms in total. The van der Waals surface area contributed by atoms with Crippen LogP contribution < -0.4 is 20.1 Å². The average Bonchev–Trinajstić information content (AvgIpc) is 3.14. The first-order valence-corrected chi connectivity index (χ1v) is 8.72. The van der Waals surface area contributed by atoms with Crippen LogP contribution in [-0.2, 0) is 20.1 Å². The zero-order chi connectivity index (χ0) is 19.8. The minimum atomic E-state index is 0.516. The number of methoxy groups -OCH3 is 1. The van der Waals surface area contributed by atoms with Crippen LogP contribution in [0.2, 0.25) is 0 Å². The van der Waals surface area contributed by atoms with Gasteiger partial charge in [-0.15, -0.1) is 0 Å². The monoisotopic (exact) mass is 381 g/mol. The molecule has 0 radical (unpaired) electrons. The highest BCUT2D eigenvalue weighted by molar-refractivity contribution is 5.79. The Kier molecular flexibility index (Phi) is 6.40. The first kappa shape index (κ1) is 19.2. The number of hydrogen-bond acceptors (Lipinski definition) is 6. The van der Waals surface area contributed by atoms with Crippen LogP contribution in [0.1, 0.15) is 11.4 Å². The Labute approximate surface area is 163 Å². The highest BCUT2D eigenvalue weighted by Crippen LogP contribution is 2.23. The van der Waals surface area contributed by atoms with E-state index in [0.717, 1.165) is 17.1 Å². The van der Waals surface area contributed by atoms with Gasteiger partial charge in [0, 0.05) is 39.0 Å². The number of guanidine groups is 1. The number of aromatic nitrogens is 4. The topological polar surface area (TPSA) is 98.5 Å². The maximum atomic E-state index is 5.75. The molecular formula is C19H23N7O2. The third-order valence-electron chi connectivity index (χ3n) is 3.96. The molecule has 3 aromatic rings. The molecule has 0 saturated heterocycles. The first-order chi connectivity index (χ1) is 13.7. The number of ether oxygens (including phenoxy) is 2. The van der Waals surface area contributed by atoms with E-state index in [-0.39, 0.29) is 0 Å². The summed E-state index contributed by atoms with van der Waals surface area (Å²) in [7, 11) is 5.19. The molecular weight excluding hydrogens is 358 g/mol. The van der Waals surface area contributed by atoms with E-state index in [0.29, 0.717) is 30.7 Å². The molecule has 0 aliphatic carbocycles. The maximum absolute atomic E-state index is 5.75. The second kappa shape index (κ2) is 9.36. The van der Waals surface area contributed by atoms with Crippen molar-refractivity contribution >= 4 is 5.96 Å². The van der Waals surface area contributed by atoms with Crippen LogP contribution >= 0.6 is 0 Å². The molecule has 0 aliphatic rings. The fourth-order valence-corrected chi connectivity index (χ4v) is 2.41. The van der Waals surface area contributed by atoms with E-state index < -0.39 is 0 Å². The van der Waals surface area contributed by atoms with Crippen LogP contribution in [0.15, 0.2) is 53.9 Å². The van der Waals surface area contributed by atoms with E-state index in [4.69, 9.17) is 9.47 Å². The van der Waals surface area contributed by atoms with E-state index in [1.807, 2.05) is 43.4 Å². The fourth-order valence-electron chi connectivity index (χ4n) is 2.41. The number of aryl methyl sites for hydroxylation is 1. The van der Waals surface area contributed by atoms with Gasteiger partial charge in [-0.25, -0.2) is 9.97 Å². The number of aliphatic imine (C=N–C) groups is 1. The summed E-state index contributed by atoms with van der Waals surface area (Å²) in [5.41, 5.74) is 1.000. The summed E-state index contributed by atoms with van der Waals surface area (Å²) in [5, 5.41) is 10.5. The third kappa shape index (κ3) is 5.19. The average molecular weight is 381 g/mol. The second-order valence-corrected chi connectivity index (χ2v) is 5.86. The molecule has 1 aromatic carbocycles. The van der Waals surface area contributed by atoms with Gasteiger partial charge in [-0.05, 0) is 17.7 Å². The summed E-state index contributed by atoms with van der Waals surface area (Å²) in [6.45, 7) is 1.10. The van der Waals surface area contributed by atoms with E-state index in [1.165, 1.54) is 6.33 Å². The summed E-state index contributed by atoms with van der Waals surface area (Å²) in [5.74, 6) is 3.41. The number of nitrogens with one attached hydrogen (secondary N) is 2. The van der Waals surface area contributed by atoms with Crippen LogP contribution in [0.4, 0.5) is 0 Å². The van der Waals surface area contributed by atoms with Crippen molar-refractivity contribution in [1.29, 1.82) is 0 Å². The van der Waals surface area contributed by atoms with Gasteiger partial charge >= 0.3 is 0 Å². The van der Waals surface area contributed by atoms with Gasteiger partial charge in [-0.3, -0.25) is 9.67 Å². The summed E-state index contributed by atoms with van der Waals surface area (Å²) < 4.78 is 12.7. The molecule has 0 fully saturated rings. The standard InChI is InChI=1S/C19H23N7O2/c1-20-19(23-12-17-24-13-25-26(17)2)22-11-14-7-8-18(21-10-14)28-16-6-4-5-15(9-16)27-3/h4-10,13H,11-12H2,1-3H3,(H2,20,22,23). The van der Waals surface area contributed by atoms with Gasteiger partial charge in [0.05, 0.1) is 13.7 Å². The molecule has 0 saturated carbocycles. The number of benzene rings is 1. The molecule has 0 unspecified atom stereocenters. The predicted octanol–water partition coefficient (Wildman–Crippen LogP) is 1.88. The lowest BCUT2D eigenvalue weighted by atomic mass is 10.3. The van der Waals surface area contributed by atoms with Crippen LogP contribution in [0.5, 0.6) is 17.4 Å². The van der Waals surface area contributed by atoms with Crippen LogP contribution in [0.3, 0.4) is 0 Å². The number of hydrogen-bond donors (Lipinski definition) is 2. The Morgan fingerprint density at radius 1 is 1.11 bits per heavy atom. The highest BCUT2D eigenvalue weighted by atomic mass is 16.5. The first-order valence-electron chi connectivity index (χ1n) is 8.72. The SMILES string of the molecule is CN=C(NCc1ccc(Oc2cccc(OC)c2)nc1)NCc1ncnn1C. The Hall–Kier alpha value is -3.62. The van der Waals surface area contributed by atoms with Crippen molar-refractivity contribution in [3.63, 3.8) is 0 Å². The zero-order valence-electron chi connectivity index (χ0n) is 16.1. The Morgan fingerprint density at radius 3 is 2.61 bits per heavy atom. The van der Waals surface area contributed by atoms with Gasteiger partial charge in [0.2, 0.25) is 5.88 Å². The summed E-state index contributed by atoms with van der Waals surface area (Å²) in [6.07, 6.45) is 3.28. The van der Waals surface area contributed by atoms with E-state index in [9.17, 15) is 0 Å². The molecule has 28 heavy (non-hydrogen) atoms. The minimum absolute atomic E-state index is 0.516. The van der Waals surface area contributed by atoms with Crippen molar-refractivity contribution in [1.82, 2.24) is 30.4 Å². The van der Waals surface area contributed by atoms with Crippen molar-refractivity contribution in [3.8, 4) is 17.4 Å². The van der Waals surface area contributed by atoms with Crippen molar-refractivity contribution in [3.05, 3.63) is 60.3 Å². The predicted molar refractivity (Wildman–Crippen MR) is 105 cm³/mol. The summed E-state index contributed by atoms with van der Waals surface area (Å²) in [4.78, 5) is 12.7. The lowest BCUT2D eigenvalue weighted by Crippen LogP contribution is -2.36. The zero-order valence-corrected chi connectivity index (χ0v) is 16.1. The summed E-state index contributed by atoms with van der Waals surface area (Å²) in [6, 6.07) is 11.2. The number of rotatable bonds is 7. The van der Waals surface area contributed by atoms with Gasteiger partial charge in [0.1, 0.15) is 23.7 Å². The largest absolute Gasteiger partial charge is 0.497 e. The molecule has 3 rings (SSSR count). The Bertz CT molecular complexity index is 922. The van der Waals surface area contributed by atoms with Crippen molar-refractivity contribution in [2.45, 2.75) is 13.1 Å². The number of nitrogens with zero attached hydrogens (tertiary/aromatic N) is 5. The molecule has 2 N–H and O–H groups in total. The van der Waals surface area contributed by atoms with Crippen LogP contribution in [0.25, 0.3) is 0 Å². The van der Waals surface area contributed by atoms with E-state index >= 15 is 0 Å². The molecule has 2 heterocycles. The van der Waals surface area contributed by atoms with Gasteiger partial charge in [0.15, 0.2) is 5.96 Å². The fraction of sp³-hybridized carbons (Fsp3) is 0.263. The van der Waals surface area contributed by atoms with Crippen LogP contribution in [-0.4, -0.2) is 39.9 Å². The molecule has 0 aliphatic heterocycles. The molecule has 0 atom stereocenters. The van der Waals surface area contributed by atoms with Gasteiger partial charge in [-0.1, -0.05) is 12.1 Å². The molecule has 2 aromatic heterocycles. The summed E-state index contributed by atoms with van der Waals surface area (Å²) >= 11 is 0. The van der Waals surface area contributed by atoms with Crippen molar-refractivity contribution in [2.24, 2.45) is 12.0 Å². The van der Waals surface area contributed by atoms with E-state index in [1.54, 1.807) is 25.0 Å². The van der Waals surface area contributed by atoms with Gasteiger partial charge in [0.25, 0.3) is 0 Å². The minimum Gasteiger partial charge on any atom is -0.497 e. The van der Waals surface area contributed by atoms with Crippen molar-refractivity contribution < 1.29 is 9.47 Å². The lowest BCUT2D eigenvalue weighted by Gasteiger charge is -2.12. The number of pyridine rings is 1. The smallest absolute Gasteiger partial charge is 0.219 e.